The molecule has 74 valence electrons. The van der Waals surface area contributed by atoms with Crippen molar-refractivity contribution in [3.8, 4) is 0 Å². The van der Waals surface area contributed by atoms with Crippen LogP contribution in [0.15, 0.2) is 18.2 Å². The molecule has 3 heteroatoms. The van der Waals surface area contributed by atoms with Crippen LogP contribution in [0.4, 0.5) is 5.69 Å². The lowest BCUT2D eigenvalue weighted by Crippen LogP contribution is -2.43. The second-order valence-electron chi connectivity index (χ2n) is 4.58. The van der Waals surface area contributed by atoms with Gasteiger partial charge in [0.1, 0.15) is 7.85 Å². The predicted octanol–water partition coefficient (Wildman–Crippen LogP) is 0.878. The number of likely N-dealkylation sites (N-methyl/N-ethyl adjacent to an activating group) is 1. The lowest BCUT2D eigenvalue weighted by molar-refractivity contribution is -0.125. The van der Waals surface area contributed by atoms with Gasteiger partial charge in [-0.3, -0.25) is 4.79 Å². The molecule has 15 heavy (non-hydrogen) atoms. The summed E-state index contributed by atoms with van der Waals surface area (Å²) in [5, 5.41) is 0. The van der Waals surface area contributed by atoms with E-state index in [1.165, 1.54) is 5.56 Å². The van der Waals surface area contributed by atoms with E-state index in [1.807, 2.05) is 25.2 Å². The fourth-order valence-electron chi connectivity index (χ4n) is 2.79. The number of hydrogen-bond acceptors (Lipinski definition) is 1. The van der Waals surface area contributed by atoms with Gasteiger partial charge in [0.05, 0.1) is 5.41 Å². The van der Waals surface area contributed by atoms with Crippen molar-refractivity contribution in [3.05, 3.63) is 23.8 Å². The third-order valence-electron chi connectivity index (χ3n) is 3.82. The molecule has 1 spiro atoms. The van der Waals surface area contributed by atoms with E-state index in [2.05, 4.69) is 0 Å². The topological polar surface area (TPSA) is 20.3 Å². The van der Waals surface area contributed by atoms with E-state index in [4.69, 9.17) is 7.85 Å². The van der Waals surface area contributed by atoms with Crippen LogP contribution in [-0.2, 0) is 10.2 Å². The molecule has 2 nitrogen and oxygen atoms in total. The smallest absolute Gasteiger partial charge is 0.237 e. The molecule has 1 fully saturated rings. The van der Waals surface area contributed by atoms with Gasteiger partial charge in [-0.15, -0.1) is 0 Å². The normalized spacial score (nSPS) is 21.7. The van der Waals surface area contributed by atoms with Crippen LogP contribution in [0.25, 0.3) is 0 Å². The van der Waals surface area contributed by atoms with Crippen LogP contribution in [0, 0.1) is 0 Å². The summed E-state index contributed by atoms with van der Waals surface area (Å²) in [5.74, 6) is 0.245. The molecule has 0 unspecified atom stereocenters. The Kier molecular flexibility index (Phi) is 1.60. The van der Waals surface area contributed by atoms with E-state index in [-0.39, 0.29) is 11.3 Å². The Hall–Kier alpha value is -1.25. The summed E-state index contributed by atoms with van der Waals surface area (Å²) in [6.45, 7) is 0. The second-order valence-corrected chi connectivity index (χ2v) is 4.58. The van der Waals surface area contributed by atoms with Crippen molar-refractivity contribution < 1.29 is 4.79 Å². The van der Waals surface area contributed by atoms with Gasteiger partial charge in [-0.1, -0.05) is 24.0 Å². The molecule has 2 radical (unpaired) electrons. The first-order valence-corrected chi connectivity index (χ1v) is 5.33. The Morgan fingerprint density at radius 3 is 2.73 bits per heavy atom. The Labute approximate surface area is 90.7 Å². The number of carbonyl (C=O) groups excluding carboxylic acids is 1. The van der Waals surface area contributed by atoms with Crippen LogP contribution >= 0.6 is 0 Å². The zero-order valence-electron chi connectivity index (χ0n) is 8.79. The standard InChI is InChI=1S/C12H12BNO/c1-14-10-7-8(13)3-4-9(10)12(11(14)15)5-2-6-12/h3-4,7H,2,5-6H2,1H3. The summed E-state index contributed by atoms with van der Waals surface area (Å²) >= 11 is 0. The summed E-state index contributed by atoms with van der Waals surface area (Å²) in [6, 6.07) is 5.82. The number of benzene rings is 1. The lowest BCUT2D eigenvalue weighted by atomic mass is 9.65. The van der Waals surface area contributed by atoms with Gasteiger partial charge in [-0.25, -0.2) is 0 Å². The summed E-state index contributed by atoms with van der Waals surface area (Å²) in [5.41, 5.74) is 2.71. The molecule has 1 aromatic rings. The highest BCUT2D eigenvalue weighted by Crippen LogP contribution is 2.52. The molecule has 0 aromatic heterocycles. The maximum atomic E-state index is 12.2. The van der Waals surface area contributed by atoms with Gasteiger partial charge >= 0.3 is 0 Å². The van der Waals surface area contributed by atoms with Gasteiger partial charge in [0, 0.05) is 12.7 Å². The van der Waals surface area contributed by atoms with E-state index in [0.717, 1.165) is 30.4 Å². The van der Waals surface area contributed by atoms with E-state index in [0.29, 0.717) is 0 Å². The molecule has 1 amide bonds. The summed E-state index contributed by atoms with van der Waals surface area (Å²) in [7, 11) is 7.59. The number of nitrogens with zero attached hydrogens (tertiary/aromatic N) is 1. The van der Waals surface area contributed by atoms with Crippen molar-refractivity contribution in [1.82, 2.24) is 0 Å². The molecule has 1 saturated carbocycles. The van der Waals surface area contributed by atoms with Crippen LogP contribution in [-0.4, -0.2) is 20.8 Å². The van der Waals surface area contributed by atoms with Crippen molar-refractivity contribution in [1.29, 1.82) is 0 Å². The Bertz CT molecular complexity index is 451. The van der Waals surface area contributed by atoms with Crippen LogP contribution in [0.3, 0.4) is 0 Å². The number of hydrogen-bond donors (Lipinski definition) is 0. The predicted molar refractivity (Wildman–Crippen MR) is 60.8 cm³/mol. The SMILES string of the molecule is [B]c1ccc2c(c1)N(C)C(=O)C21CCC1. The number of rotatable bonds is 0. The monoisotopic (exact) mass is 197 g/mol. The minimum absolute atomic E-state index is 0.197. The fourth-order valence-corrected chi connectivity index (χ4v) is 2.79. The van der Waals surface area contributed by atoms with Gasteiger partial charge in [0.25, 0.3) is 0 Å². The molecule has 1 aromatic carbocycles. The first-order chi connectivity index (χ1) is 7.15. The highest BCUT2D eigenvalue weighted by atomic mass is 16.2. The van der Waals surface area contributed by atoms with E-state index >= 15 is 0 Å². The lowest BCUT2D eigenvalue weighted by Gasteiger charge is -2.36. The Balaban J connectivity index is 2.22. The van der Waals surface area contributed by atoms with E-state index < -0.39 is 0 Å². The molecule has 0 saturated heterocycles. The Morgan fingerprint density at radius 2 is 2.13 bits per heavy atom. The number of anilines is 1. The quantitative estimate of drug-likeness (QED) is 0.565. The number of carbonyl (C=O) groups is 1. The highest BCUT2D eigenvalue weighted by Gasteiger charge is 2.53. The summed E-state index contributed by atoms with van der Waals surface area (Å²) in [6.07, 6.45) is 3.14. The zero-order chi connectivity index (χ0) is 10.6. The van der Waals surface area contributed by atoms with E-state index in [9.17, 15) is 4.79 Å². The summed E-state index contributed by atoms with van der Waals surface area (Å²) < 4.78 is 0. The van der Waals surface area contributed by atoms with E-state index in [1.54, 1.807) is 4.90 Å². The number of amides is 1. The third kappa shape index (κ3) is 0.933. The van der Waals surface area contributed by atoms with Crippen LogP contribution in [0.2, 0.25) is 0 Å². The van der Waals surface area contributed by atoms with Crippen molar-refractivity contribution in [2.45, 2.75) is 24.7 Å². The molecule has 1 aliphatic heterocycles. The molecule has 0 N–H and O–H groups in total. The molecular formula is C12H12BNO. The van der Waals surface area contributed by atoms with Gasteiger partial charge in [0.2, 0.25) is 5.91 Å². The average Bonchev–Trinajstić information content (AvgIpc) is 2.37. The average molecular weight is 197 g/mol. The molecule has 0 bridgehead atoms. The molecule has 1 heterocycles. The molecule has 3 rings (SSSR count). The first-order valence-electron chi connectivity index (χ1n) is 5.33. The minimum atomic E-state index is -0.197. The maximum Gasteiger partial charge on any atom is 0.237 e. The minimum Gasteiger partial charge on any atom is -0.314 e. The largest absolute Gasteiger partial charge is 0.314 e. The number of fused-ring (bicyclic) bond motifs is 2. The summed E-state index contributed by atoms with van der Waals surface area (Å²) in [4.78, 5) is 13.9. The zero-order valence-corrected chi connectivity index (χ0v) is 8.79. The first kappa shape index (κ1) is 9.02. The molecular weight excluding hydrogens is 185 g/mol. The Morgan fingerprint density at radius 1 is 1.40 bits per heavy atom. The van der Waals surface area contributed by atoms with Crippen molar-refractivity contribution in [2.24, 2.45) is 0 Å². The third-order valence-corrected chi connectivity index (χ3v) is 3.82. The van der Waals surface area contributed by atoms with Gasteiger partial charge in [-0.2, -0.15) is 0 Å². The van der Waals surface area contributed by atoms with Gasteiger partial charge in [0.15, 0.2) is 0 Å². The molecule has 2 aliphatic rings. The van der Waals surface area contributed by atoms with Crippen LogP contribution < -0.4 is 10.4 Å². The van der Waals surface area contributed by atoms with Crippen molar-refractivity contribution in [3.63, 3.8) is 0 Å². The second kappa shape index (κ2) is 2.66. The molecule has 0 atom stereocenters. The van der Waals surface area contributed by atoms with Gasteiger partial charge in [-0.05, 0) is 24.5 Å². The van der Waals surface area contributed by atoms with Crippen molar-refractivity contribution >= 4 is 24.9 Å². The molecule has 1 aliphatic carbocycles. The highest BCUT2D eigenvalue weighted by molar-refractivity contribution is 6.33. The van der Waals surface area contributed by atoms with Gasteiger partial charge < -0.3 is 4.90 Å². The van der Waals surface area contributed by atoms with Crippen LogP contribution in [0.5, 0.6) is 0 Å². The fraction of sp³-hybridized carbons (Fsp3) is 0.417. The van der Waals surface area contributed by atoms with Crippen molar-refractivity contribution in [2.75, 3.05) is 11.9 Å². The van der Waals surface area contributed by atoms with Crippen LogP contribution in [0.1, 0.15) is 24.8 Å². The maximum absolute atomic E-state index is 12.2.